The van der Waals surface area contributed by atoms with Crippen LogP contribution in [0.4, 0.5) is 9.59 Å². The Morgan fingerprint density at radius 2 is 1.00 bits per heavy atom. The van der Waals surface area contributed by atoms with E-state index in [1.807, 2.05) is 0 Å². The van der Waals surface area contributed by atoms with E-state index in [0.29, 0.717) is 0 Å². The van der Waals surface area contributed by atoms with Gasteiger partial charge in [0.15, 0.2) is 0 Å². The van der Waals surface area contributed by atoms with Crippen LogP contribution in [-0.2, 0) is 21.1 Å². The third-order valence-electron chi connectivity index (χ3n) is 0. The van der Waals surface area contributed by atoms with Crippen LogP contribution in [0, 0.1) is 0 Å². The van der Waals surface area contributed by atoms with Crippen LogP contribution in [0.2, 0.25) is 0 Å². The van der Waals surface area contributed by atoms with E-state index in [1.54, 1.807) is 0 Å². The Morgan fingerprint density at radius 1 is 1.00 bits per heavy atom. The summed E-state index contributed by atoms with van der Waals surface area (Å²) in [4.78, 5) is 17.6. The van der Waals surface area contributed by atoms with Crippen LogP contribution in [0.25, 0.3) is 0 Å². The molecule has 2 amide bonds. The van der Waals surface area contributed by atoms with Crippen molar-refractivity contribution in [3.05, 3.63) is 0 Å². The zero-order chi connectivity index (χ0) is 7.15. The quantitative estimate of drug-likeness (QED) is 0.468. The maximum absolute atomic E-state index is 8.78. The second-order valence-electron chi connectivity index (χ2n) is 0.676. The standard InChI is InChI=1S/2CH3NO2.Pt/c2*2-1(3)4;/h2*2H2,(H,3,4);. The minimum Gasteiger partial charge on any atom is -0.465 e. The van der Waals surface area contributed by atoms with Crippen LogP contribution in [0.3, 0.4) is 0 Å². The van der Waals surface area contributed by atoms with Gasteiger partial charge in [0.25, 0.3) is 0 Å². The van der Waals surface area contributed by atoms with Gasteiger partial charge in [0, 0.05) is 21.1 Å². The zero-order valence-electron chi connectivity index (χ0n) is 4.18. The molecule has 0 fully saturated rings. The van der Waals surface area contributed by atoms with Crippen molar-refractivity contribution in [1.82, 2.24) is 0 Å². The minimum absolute atomic E-state index is 0. The third-order valence-corrected chi connectivity index (χ3v) is 0. The van der Waals surface area contributed by atoms with Gasteiger partial charge in [0.1, 0.15) is 0 Å². The first-order chi connectivity index (χ1) is 3.46. The molecule has 0 radical (unpaired) electrons. The number of carbonyl (C=O) groups is 2. The monoisotopic (exact) mass is 317 g/mol. The Morgan fingerprint density at radius 3 is 1.00 bits per heavy atom. The molecule has 58 valence electrons. The molecule has 0 spiro atoms. The molecule has 6 N–H and O–H groups in total. The Labute approximate surface area is 65.1 Å². The van der Waals surface area contributed by atoms with Crippen molar-refractivity contribution in [2.45, 2.75) is 0 Å². The van der Waals surface area contributed by atoms with Crippen LogP contribution in [-0.4, -0.2) is 22.4 Å². The molecule has 7 heteroatoms. The SMILES string of the molecule is NC(=O)O.NC(=O)O.[Pt]. The summed E-state index contributed by atoms with van der Waals surface area (Å²) >= 11 is 0. The maximum atomic E-state index is 8.78. The van der Waals surface area contributed by atoms with Gasteiger partial charge in [0.05, 0.1) is 0 Å². The van der Waals surface area contributed by atoms with E-state index in [4.69, 9.17) is 19.8 Å². The molecule has 0 unspecified atom stereocenters. The summed E-state index contributed by atoms with van der Waals surface area (Å²) in [7, 11) is 0. The third kappa shape index (κ3) is 332. The molecule has 6 nitrogen and oxygen atoms in total. The minimum atomic E-state index is -1.33. The largest absolute Gasteiger partial charge is 0.465 e. The van der Waals surface area contributed by atoms with Crippen molar-refractivity contribution in [3.63, 3.8) is 0 Å². The molecule has 0 aromatic heterocycles. The predicted molar refractivity (Wildman–Crippen MR) is 24.4 cm³/mol. The van der Waals surface area contributed by atoms with Crippen LogP contribution < -0.4 is 11.5 Å². The Balaban J connectivity index is -0.0000000720. The summed E-state index contributed by atoms with van der Waals surface area (Å²) in [6.45, 7) is 0. The van der Waals surface area contributed by atoms with E-state index < -0.39 is 12.2 Å². The fraction of sp³-hybridized carbons (Fsp3) is 0. The molecule has 0 aromatic carbocycles. The Hall–Kier alpha value is -0.772. The van der Waals surface area contributed by atoms with Crippen molar-refractivity contribution in [1.29, 1.82) is 0 Å². The molecule has 0 heterocycles. The summed E-state index contributed by atoms with van der Waals surface area (Å²) in [5, 5.41) is 14.4. The van der Waals surface area contributed by atoms with Gasteiger partial charge in [-0.2, -0.15) is 0 Å². The molecule has 0 saturated carbocycles. The van der Waals surface area contributed by atoms with Crippen molar-refractivity contribution in [2.75, 3.05) is 0 Å². The summed E-state index contributed by atoms with van der Waals surface area (Å²) in [6.07, 6.45) is -2.67. The molecule has 0 aromatic rings. The average molecular weight is 317 g/mol. The number of carboxylic acid groups (broad SMARTS) is 2. The summed E-state index contributed by atoms with van der Waals surface area (Å²) in [6, 6.07) is 0. The number of hydrogen-bond donors (Lipinski definition) is 4. The van der Waals surface area contributed by atoms with Gasteiger partial charge in [-0.05, 0) is 0 Å². The van der Waals surface area contributed by atoms with Crippen molar-refractivity contribution < 1.29 is 40.9 Å². The first-order valence-electron chi connectivity index (χ1n) is 1.43. The fourth-order valence-corrected chi connectivity index (χ4v) is 0. The molecule has 0 bridgehead atoms. The number of hydrogen-bond acceptors (Lipinski definition) is 2. The smallest absolute Gasteiger partial charge is 0.402 e. The summed E-state index contributed by atoms with van der Waals surface area (Å²) in [5.41, 5.74) is 8.06. The van der Waals surface area contributed by atoms with Gasteiger partial charge in [-0.3, -0.25) is 0 Å². The van der Waals surface area contributed by atoms with E-state index in [0.717, 1.165) is 0 Å². The van der Waals surface area contributed by atoms with E-state index >= 15 is 0 Å². The van der Waals surface area contributed by atoms with Crippen molar-refractivity contribution in [3.8, 4) is 0 Å². The summed E-state index contributed by atoms with van der Waals surface area (Å²) in [5.74, 6) is 0. The van der Waals surface area contributed by atoms with E-state index in [1.165, 1.54) is 0 Å². The average Bonchev–Trinajstić information content (AvgIpc) is 1.25. The number of nitrogens with two attached hydrogens (primary N) is 2. The Bertz CT molecular complexity index is 74.6. The molecule has 0 aliphatic rings. The first kappa shape index (κ1) is 15.7. The van der Waals surface area contributed by atoms with Gasteiger partial charge in [-0.25, -0.2) is 9.59 Å². The normalized spacial score (nSPS) is 5.33. The van der Waals surface area contributed by atoms with Crippen LogP contribution in [0.15, 0.2) is 0 Å². The van der Waals surface area contributed by atoms with Crippen molar-refractivity contribution >= 4 is 12.2 Å². The van der Waals surface area contributed by atoms with Gasteiger partial charge in [-0.1, -0.05) is 0 Å². The zero-order valence-corrected chi connectivity index (χ0v) is 6.45. The second-order valence-corrected chi connectivity index (χ2v) is 0.676. The van der Waals surface area contributed by atoms with Gasteiger partial charge in [0.2, 0.25) is 0 Å². The van der Waals surface area contributed by atoms with E-state index in [9.17, 15) is 0 Å². The Kier molecular flexibility index (Phi) is 17.9. The molecular formula is C2H6N2O4Pt. The maximum Gasteiger partial charge on any atom is 0.402 e. The number of rotatable bonds is 0. The first-order valence-corrected chi connectivity index (χ1v) is 1.43. The van der Waals surface area contributed by atoms with Gasteiger partial charge < -0.3 is 21.7 Å². The molecule has 0 rings (SSSR count). The molecule has 0 aliphatic heterocycles. The van der Waals surface area contributed by atoms with E-state index in [-0.39, 0.29) is 21.1 Å². The van der Waals surface area contributed by atoms with Crippen LogP contribution in [0.1, 0.15) is 0 Å². The second kappa shape index (κ2) is 10.3. The van der Waals surface area contributed by atoms with Crippen LogP contribution in [0.5, 0.6) is 0 Å². The fourth-order valence-electron chi connectivity index (χ4n) is 0. The van der Waals surface area contributed by atoms with Crippen LogP contribution >= 0.6 is 0 Å². The summed E-state index contributed by atoms with van der Waals surface area (Å²) < 4.78 is 0. The van der Waals surface area contributed by atoms with Gasteiger partial charge in [-0.15, -0.1) is 0 Å². The number of amides is 2. The van der Waals surface area contributed by atoms with E-state index in [2.05, 4.69) is 11.5 Å². The number of primary amides is 2. The predicted octanol–water partition coefficient (Wildman–Crippen LogP) is -0.756. The van der Waals surface area contributed by atoms with Gasteiger partial charge >= 0.3 is 12.2 Å². The molecule has 0 saturated heterocycles. The molecule has 9 heavy (non-hydrogen) atoms. The molecule has 0 atom stereocenters. The topological polar surface area (TPSA) is 127 Å². The molecule has 0 aliphatic carbocycles. The van der Waals surface area contributed by atoms with Crippen molar-refractivity contribution in [2.24, 2.45) is 11.5 Å². The molecular weight excluding hydrogens is 311 g/mol.